The molecule has 1 nitrogen and oxygen atoms in total. The molecule has 0 aliphatic heterocycles. The standard InChI is InChI=1S/C35H63IO/c1-7-11-20-32(34(5,6)37-30-31-22-24-33(36)25-23-31)21-18-16-15-17-19-29-35(26-12-8-2,27-13-9-3)28-14-10-4/h22-25,32H,7-21,26-30H2,1-6H3. The highest BCUT2D eigenvalue weighted by atomic mass is 127. The van der Waals surface area contributed by atoms with E-state index in [2.05, 4.69) is 88.4 Å². The largest absolute Gasteiger partial charge is 0.371 e. The Hall–Kier alpha value is -0.0900. The van der Waals surface area contributed by atoms with E-state index < -0.39 is 0 Å². The van der Waals surface area contributed by atoms with Crippen LogP contribution in [0.2, 0.25) is 0 Å². The van der Waals surface area contributed by atoms with Crippen LogP contribution in [0, 0.1) is 14.9 Å². The summed E-state index contributed by atoms with van der Waals surface area (Å²) >= 11 is 2.37. The van der Waals surface area contributed by atoms with E-state index in [1.54, 1.807) is 0 Å². The number of unbranched alkanes of at least 4 members (excludes halogenated alkanes) is 8. The van der Waals surface area contributed by atoms with E-state index in [1.165, 1.54) is 131 Å². The van der Waals surface area contributed by atoms with E-state index in [0.717, 1.165) is 6.61 Å². The Morgan fingerprint density at radius 2 is 1.08 bits per heavy atom. The van der Waals surface area contributed by atoms with Gasteiger partial charge < -0.3 is 4.74 Å². The summed E-state index contributed by atoms with van der Waals surface area (Å²) in [5, 5.41) is 0. The third-order valence-electron chi connectivity index (χ3n) is 8.86. The predicted molar refractivity (Wildman–Crippen MR) is 174 cm³/mol. The molecule has 0 bridgehead atoms. The van der Waals surface area contributed by atoms with E-state index in [1.807, 2.05) is 0 Å². The Balaban J connectivity index is 2.49. The number of hydrogen-bond acceptors (Lipinski definition) is 1. The molecule has 0 saturated carbocycles. The van der Waals surface area contributed by atoms with Crippen LogP contribution in [0.1, 0.15) is 169 Å². The Morgan fingerprint density at radius 3 is 1.62 bits per heavy atom. The third-order valence-corrected chi connectivity index (χ3v) is 9.57. The van der Waals surface area contributed by atoms with Crippen LogP contribution in [0.3, 0.4) is 0 Å². The van der Waals surface area contributed by atoms with Gasteiger partial charge in [0, 0.05) is 3.57 Å². The summed E-state index contributed by atoms with van der Waals surface area (Å²) in [4.78, 5) is 0. The van der Waals surface area contributed by atoms with Crippen molar-refractivity contribution < 1.29 is 4.74 Å². The molecule has 37 heavy (non-hydrogen) atoms. The molecule has 1 aromatic carbocycles. The van der Waals surface area contributed by atoms with Crippen LogP contribution in [0.4, 0.5) is 0 Å². The molecular weight excluding hydrogens is 563 g/mol. The molecule has 0 saturated heterocycles. The summed E-state index contributed by atoms with van der Waals surface area (Å²) in [6.07, 6.45) is 26.5. The normalized spacial score (nSPS) is 13.3. The first kappa shape index (κ1) is 34.9. The summed E-state index contributed by atoms with van der Waals surface area (Å²) in [5.41, 5.74) is 1.87. The van der Waals surface area contributed by atoms with Crippen molar-refractivity contribution in [2.24, 2.45) is 11.3 Å². The van der Waals surface area contributed by atoms with E-state index in [-0.39, 0.29) is 5.60 Å². The molecule has 0 heterocycles. The molecule has 0 aromatic heterocycles. The fourth-order valence-corrected chi connectivity index (χ4v) is 6.44. The van der Waals surface area contributed by atoms with Crippen molar-refractivity contribution in [2.75, 3.05) is 0 Å². The van der Waals surface area contributed by atoms with Gasteiger partial charge in [-0.15, -0.1) is 0 Å². The van der Waals surface area contributed by atoms with Gasteiger partial charge in [-0.25, -0.2) is 0 Å². The van der Waals surface area contributed by atoms with Gasteiger partial charge >= 0.3 is 0 Å². The van der Waals surface area contributed by atoms with Gasteiger partial charge in [-0.3, -0.25) is 0 Å². The quantitative estimate of drug-likeness (QED) is 0.0819. The maximum Gasteiger partial charge on any atom is 0.0724 e. The average Bonchev–Trinajstić information content (AvgIpc) is 2.89. The summed E-state index contributed by atoms with van der Waals surface area (Å²) in [6.45, 7) is 14.8. The smallest absolute Gasteiger partial charge is 0.0724 e. The zero-order valence-electron chi connectivity index (χ0n) is 25.8. The molecule has 0 aliphatic rings. The molecule has 1 rings (SSSR count). The van der Waals surface area contributed by atoms with E-state index in [0.29, 0.717) is 11.3 Å². The van der Waals surface area contributed by atoms with E-state index >= 15 is 0 Å². The van der Waals surface area contributed by atoms with Gasteiger partial charge in [0.2, 0.25) is 0 Å². The van der Waals surface area contributed by atoms with Crippen LogP contribution in [0.5, 0.6) is 0 Å². The molecule has 0 spiro atoms. The van der Waals surface area contributed by atoms with E-state index in [4.69, 9.17) is 4.74 Å². The first-order valence-corrected chi connectivity index (χ1v) is 17.3. The lowest BCUT2D eigenvalue weighted by atomic mass is 9.71. The Labute approximate surface area is 246 Å². The average molecular weight is 627 g/mol. The lowest BCUT2D eigenvalue weighted by molar-refractivity contribution is -0.0762. The zero-order valence-corrected chi connectivity index (χ0v) is 28.0. The van der Waals surface area contributed by atoms with Crippen LogP contribution in [-0.2, 0) is 11.3 Å². The van der Waals surface area contributed by atoms with Crippen molar-refractivity contribution in [1.29, 1.82) is 0 Å². The van der Waals surface area contributed by atoms with E-state index in [9.17, 15) is 0 Å². The number of ether oxygens (including phenoxy) is 1. The fraction of sp³-hybridized carbons (Fsp3) is 0.829. The van der Waals surface area contributed by atoms with Gasteiger partial charge in [0.05, 0.1) is 12.2 Å². The Morgan fingerprint density at radius 1 is 0.622 bits per heavy atom. The minimum Gasteiger partial charge on any atom is -0.371 e. The third kappa shape index (κ3) is 15.3. The highest BCUT2D eigenvalue weighted by molar-refractivity contribution is 14.1. The maximum atomic E-state index is 6.54. The highest BCUT2D eigenvalue weighted by Gasteiger charge is 2.30. The number of benzene rings is 1. The van der Waals surface area contributed by atoms with Crippen molar-refractivity contribution >= 4 is 22.6 Å². The summed E-state index contributed by atoms with van der Waals surface area (Å²) in [5.74, 6) is 0.654. The Kier molecular flexibility index (Phi) is 19.6. The minimum absolute atomic E-state index is 0.0599. The monoisotopic (exact) mass is 626 g/mol. The molecular formula is C35H63IO. The van der Waals surface area contributed by atoms with Crippen LogP contribution in [-0.4, -0.2) is 5.60 Å². The van der Waals surface area contributed by atoms with Gasteiger partial charge in [-0.2, -0.15) is 0 Å². The topological polar surface area (TPSA) is 9.23 Å². The summed E-state index contributed by atoms with van der Waals surface area (Å²) in [6, 6.07) is 8.78. The first-order valence-electron chi connectivity index (χ1n) is 16.2. The lowest BCUT2D eigenvalue weighted by Gasteiger charge is -2.35. The van der Waals surface area contributed by atoms with Crippen LogP contribution < -0.4 is 0 Å². The van der Waals surface area contributed by atoms with Crippen molar-refractivity contribution in [3.05, 3.63) is 33.4 Å². The van der Waals surface area contributed by atoms with Gasteiger partial charge in [0.15, 0.2) is 0 Å². The molecule has 1 atom stereocenters. The molecule has 2 heteroatoms. The SMILES string of the molecule is CCCCC(CCCCCCCC(CCCC)(CCCC)CCCC)C(C)(C)OCc1ccc(I)cc1. The second-order valence-corrected chi connectivity index (χ2v) is 13.7. The second-order valence-electron chi connectivity index (χ2n) is 12.5. The van der Waals surface area contributed by atoms with Gasteiger partial charge in [0.1, 0.15) is 0 Å². The van der Waals surface area contributed by atoms with Crippen molar-refractivity contribution in [3.63, 3.8) is 0 Å². The van der Waals surface area contributed by atoms with Crippen molar-refractivity contribution in [1.82, 2.24) is 0 Å². The molecule has 0 amide bonds. The molecule has 0 radical (unpaired) electrons. The van der Waals surface area contributed by atoms with Crippen LogP contribution in [0.25, 0.3) is 0 Å². The molecule has 216 valence electrons. The number of rotatable bonds is 24. The van der Waals surface area contributed by atoms with Crippen LogP contribution >= 0.6 is 22.6 Å². The molecule has 1 unspecified atom stereocenters. The molecule has 0 N–H and O–H groups in total. The lowest BCUT2D eigenvalue weighted by Crippen LogP contribution is -2.34. The second kappa shape index (κ2) is 20.8. The molecule has 0 fully saturated rings. The summed E-state index contributed by atoms with van der Waals surface area (Å²) < 4.78 is 7.83. The molecule has 1 aromatic rings. The van der Waals surface area contributed by atoms with Gasteiger partial charge in [0.25, 0.3) is 0 Å². The maximum absolute atomic E-state index is 6.54. The van der Waals surface area contributed by atoms with Crippen molar-refractivity contribution in [3.8, 4) is 0 Å². The zero-order chi connectivity index (χ0) is 27.4. The highest BCUT2D eigenvalue weighted by Crippen LogP contribution is 2.41. The minimum atomic E-state index is -0.0599. The van der Waals surface area contributed by atoms with Crippen LogP contribution in [0.15, 0.2) is 24.3 Å². The van der Waals surface area contributed by atoms with Crippen molar-refractivity contribution in [2.45, 2.75) is 176 Å². The first-order chi connectivity index (χ1) is 17.8. The number of halogens is 1. The molecule has 0 aliphatic carbocycles. The number of hydrogen-bond donors (Lipinski definition) is 0. The Bertz CT molecular complexity index is 628. The fourth-order valence-electron chi connectivity index (χ4n) is 6.08. The van der Waals surface area contributed by atoms with Gasteiger partial charge in [-0.05, 0) is 104 Å². The summed E-state index contributed by atoms with van der Waals surface area (Å²) in [7, 11) is 0. The van der Waals surface area contributed by atoms with Gasteiger partial charge in [-0.1, -0.05) is 123 Å². The predicted octanol–water partition coefficient (Wildman–Crippen LogP) is 12.7.